The quantitative estimate of drug-likeness (QED) is 0.703. The lowest BCUT2D eigenvalue weighted by Crippen LogP contribution is -2.62. The molecule has 1 nitrogen and oxygen atoms in total. The number of benzene rings is 1. The molecule has 1 atom stereocenters. The van der Waals surface area contributed by atoms with E-state index in [1.54, 1.807) is 5.56 Å². The van der Waals surface area contributed by atoms with Crippen LogP contribution in [0.25, 0.3) is 0 Å². The molecule has 3 aliphatic rings. The molecule has 1 aromatic rings. The SMILES string of the molecule is CCCC[N+]12CCC(CC1)[C@@H](Cc1ccccc1)C2. The first-order valence-electron chi connectivity index (χ1n) is 8.20. The molecule has 1 heteroatoms. The molecule has 0 unspecified atom stereocenters. The number of hydrogen-bond acceptors (Lipinski definition) is 0. The Hall–Kier alpha value is -0.820. The second kappa shape index (κ2) is 5.66. The maximum Gasteiger partial charge on any atom is 0.0821 e. The second-order valence-electron chi connectivity index (χ2n) is 6.84. The summed E-state index contributed by atoms with van der Waals surface area (Å²) >= 11 is 0. The Kier molecular flexibility index (Phi) is 3.93. The number of piperidine rings is 3. The molecule has 104 valence electrons. The van der Waals surface area contributed by atoms with E-state index in [0.717, 1.165) is 11.8 Å². The van der Waals surface area contributed by atoms with Crippen LogP contribution in [0.3, 0.4) is 0 Å². The summed E-state index contributed by atoms with van der Waals surface area (Å²) in [6, 6.07) is 11.1. The van der Waals surface area contributed by atoms with Crippen molar-refractivity contribution in [2.45, 2.75) is 39.0 Å². The maximum atomic E-state index is 2.33. The summed E-state index contributed by atoms with van der Waals surface area (Å²) in [5, 5.41) is 0. The van der Waals surface area contributed by atoms with Crippen molar-refractivity contribution in [2.24, 2.45) is 11.8 Å². The van der Waals surface area contributed by atoms with Crippen LogP contribution in [0.1, 0.15) is 38.2 Å². The molecule has 0 saturated carbocycles. The minimum absolute atomic E-state index is 0.946. The van der Waals surface area contributed by atoms with Gasteiger partial charge in [-0.15, -0.1) is 0 Å². The zero-order valence-electron chi connectivity index (χ0n) is 12.4. The zero-order valence-corrected chi connectivity index (χ0v) is 12.4. The number of rotatable bonds is 5. The van der Waals surface area contributed by atoms with Crippen molar-refractivity contribution in [3.05, 3.63) is 35.9 Å². The molecule has 1 aromatic carbocycles. The third kappa shape index (κ3) is 2.86. The molecule has 0 aliphatic carbocycles. The van der Waals surface area contributed by atoms with Gasteiger partial charge in [0.1, 0.15) is 0 Å². The Bertz CT molecular complexity index is 389. The van der Waals surface area contributed by atoms with E-state index in [4.69, 9.17) is 0 Å². The first-order chi connectivity index (χ1) is 9.31. The molecule has 0 amide bonds. The fourth-order valence-corrected chi connectivity index (χ4v) is 4.39. The molecule has 0 radical (unpaired) electrons. The van der Waals surface area contributed by atoms with Gasteiger partial charge in [-0.05, 0) is 24.3 Å². The topological polar surface area (TPSA) is 0 Å². The molecule has 0 spiro atoms. The first-order valence-corrected chi connectivity index (χ1v) is 8.20. The number of fused-ring (bicyclic) bond motifs is 3. The largest absolute Gasteiger partial charge is 0.323 e. The number of hydrogen-bond donors (Lipinski definition) is 0. The van der Waals surface area contributed by atoms with Crippen LogP contribution in [-0.2, 0) is 6.42 Å². The predicted octanol–water partition coefficient (Wildman–Crippen LogP) is 3.89. The molecule has 19 heavy (non-hydrogen) atoms. The highest BCUT2D eigenvalue weighted by Gasteiger charge is 2.44. The van der Waals surface area contributed by atoms with Gasteiger partial charge in [-0.1, -0.05) is 43.7 Å². The fourth-order valence-electron chi connectivity index (χ4n) is 4.39. The van der Waals surface area contributed by atoms with E-state index in [1.165, 1.54) is 62.8 Å². The van der Waals surface area contributed by atoms with Gasteiger partial charge in [0.2, 0.25) is 0 Å². The minimum atomic E-state index is 0.946. The van der Waals surface area contributed by atoms with Crippen LogP contribution in [0.15, 0.2) is 30.3 Å². The Morgan fingerprint density at radius 1 is 1.11 bits per heavy atom. The Balaban J connectivity index is 1.67. The molecule has 2 bridgehead atoms. The van der Waals surface area contributed by atoms with Gasteiger partial charge in [0.25, 0.3) is 0 Å². The van der Waals surface area contributed by atoms with Crippen molar-refractivity contribution in [1.82, 2.24) is 0 Å². The summed E-state index contributed by atoms with van der Waals surface area (Å²) in [4.78, 5) is 0. The molecular formula is C18H28N+. The molecule has 3 aliphatic heterocycles. The Labute approximate surface area is 118 Å². The van der Waals surface area contributed by atoms with Crippen LogP contribution < -0.4 is 0 Å². The summed E-state index contributed by atoms with van der Waals surface area (Å²) in [5.41, 5.74) is 1.55. The van der Waals surface area contributed by atoms with E-state index in [-0.39, 0.29) is 0 Å². The van der Waals surface area contributed by atoms with Gasteiger partial charge < -0.3 is 4.48 Å². The number of quaternary nitrogens is 1. The van der Waals surface area contributed by atoms with Gasteiger partial charge in [0.05, 0.1) is 26.2 Å². The van der Waals surface area contributed by atoms with Gasteiger partial charge >= 0.3 is 0 Å². The number of nitrogens with zero attached hydrogens (tertiary/aromatic N) is 1. The average Bonchev–Trinajstić information content (AvgIpc) is 2.47. The highest BCUT2D eigenvalue weighted by Crippen LogP contribution is 2.39. The Morgan fingerprint density at radius 3 is 2.53 bits per heavy atom. The second-order valence-corrected chi connectivity index (χ2v) is 6.84. The van der Waals surface area contributed by atoms with Crippen molar-refractivity contribution < 1.29 is 4.48 Å². The van der Waals surface area contributed by atoms with Crippen molar-refractivity contribution in [3.8, 4) is 0 Å². The Morgan fingerprint density at radius 2 is 1.84 bits per heavy atom. The number of unbranched alkanes of at least 4 members (excludes halogenated alkanes) is 1. The summed E-state index contributed by atoms with van der Waals surface area (Å²) in [5.74, 6) is 1.96. The summed E-state index contributed by atoms with van der Waals surface area (Å²) < 4.78 is 1.45. The molecule has 0 N–H and O–H groups in total. The summed E-state index contributed by atoms with van der Waals surface area (Å²) in [6.07, 6.45) is 7.07. The standard InChI is InChI=1S/C18H28N/c1-2-3-11-19-12-9-17(10-13-19)18(15-19)14-16-7-5-4-6-8-16/h4-8,17-18H,2-3,9-15H2,1H3/q+1/t17?,18-,19?/m0/s1. The maximum absolute atomic E-state index is 2.33. The van der Waals surface area contributed by atoms with Crippen LogP contribution in [0, 0.1) is 11.8 Å². The van der Waals surface area contributed by atoms with Gasteiger partial charge in [-0.25, -0.2) is 0 Å². The van der Waals surface area contributed by atoms with Crippen molar-refractivity contribution in [3.63, 3.8) is 0 Å². The van der Waals surface area contributed by atoms with E-state index >= 15 is 0 Å². The normalized spacial score (nSPS) is 33.5. The smallest absolute Gasteiger partial charge is 0.0821 e. The lowest BCUT2D eigenvalue weighted by atomic mass is 9.74. The van der Waals surface area contributed by atoms with Crippen molar-refractivity contribution in [1.29, 1.82) is 0 Å². The van der Waals surface area contributed by atoms with Gasteiger partial charge in [0.15, 0.2) is 0 Å². The van der Waals surface area contributed by atoms with E-state index in [1.807, 2.05) is 0 Å². The van der Waals surface area contributed by atoms with Crippen molar-refractivity contribution in [2.75, 3.05) is 26.2 Å². The lowest BCUT2D eigenvalue weighted by Gasteiger charge is -2.53. The van der Waals surface area contributed by atoms with E-state index in [2.05, 4.69) is 37.3 Å². The third-order valence-electron chi connectivity index (χ3n) is 5.56. The van der Waals surface area contributed by atoms with E-state index in [0.29, 0.717) is 0 Å². The molecule has 3 fully saturated rings. The lowest BCUT2D eigenvalue weighted by molar-refractivity contribution is -0.947. The molecule has 0 aromatic heterocycles. The minimum Gasteiger partial charge on any atom is -0.323 e. The van der Waals surface area contributed by atoms with Crippen LogP contribution in [-0.4, -0.2) is 30.7 Å². The molecular weight excluding hydrogens is 230 g/mol. The van der Waals surface area contributed by atoms with Crippen LogP contribution >= 0.6 is 0 Å². The summed E-state index contributed by atoms with van der Waals surface area (Å²) in [6.45, 7) is 8.16. The first kappa shape index (κ1) is 13.2. The average molecular weight is 258 g/mol. The van der Waals surface area contributed by atoms with Crippen LogP contribution in [0.5, 0.6) is 0 Å². The van der Waals surface area contributed by atoms with Crippen molar-refractivity contribution >= 4 is 0 Å². The highest BCUT2D eigenvalue weighted by molar-refractivity contribution is 5.15. The molecule has 3 saturated heterocycles. The highest BCUT2D eigenvalue weighted by atomic mass is 15.4. The van der Waals surface area contributed by atoms with Crippen LogP contribution in [0.4, 0.5) is 0 Å². The summed E-state index contributed by atoms with van der Waals surface area (Å²) in [7, 11) is 0. The molecule has 3 heterocycles. The monoisotopic (exact) mass is 258 g/mol. The third-order valence-corrected chi connectivity index (χ3v) is 5.56. The zero-order chi connectivity index (χ0) is 13.1. The fraction of sp³-hybridized carbons (Fsp3) is 0.667. The van der Waals surface area contributed by atoms with Crippen LogP contribution in [0.2, 0.25) is 0 Å². The predicted molar refractivity (Wildman–Crippen MR) is 81.0 cm³/mol. The van der Waals surface area contributed by atoms with Gasteiger partial charge in [0, 0.05) is 18.8 Å². The molecule has 4 rings (SSSR count). The van der Waals surface area contributed by atoms with E-state index < -0.39 is 0 Å². The van der Waals surface area contributed by atoms with Gasteiger partial charge in [-0.3, -0.25) is 0 Å². The van der Waals surface area contributed by atoms with E-state index in [9.17, 15) is 0 Å². The van der Waals surface area contributed by atoms with Gasteiger partial charge in [-0.2, -0.15) is 0 Å².